The highest BCUT2D eigenvalue weighted by molar-refractivity contribution is 5.92. The van der Waals surface area contributed by atoms with Crippen LogP contribution in [0.1, 0.15) is 22.5 Å². The minimum Gasteiger partial charge on any atom is -0.455 e. The number of rotatable bonds is 7. The number of aryl methyl sites for hydroxylation is 1. The molecule has 0 bridgehead atoms. The maximum Gasteiger partial charge on any atom is 0.310 e. The Hall–Kier alpha value is -3.92. The fraction of sp³-hybridized carbons (Fsp3) is 0.217. The Morgan fingerprint density at radius 3 is 2.47 bits per heavy atom. The number of hydrogen-bond donors (Lipinski definition) is 1. The van der Waals surface area contributed by atoms with Crippen LogP contribution in [0, 0.1) is 25.2 Å². The molecule has 0 aliphatic carbocycles. The van der Waals surface area contributed by atoms with E-state index in [4.69, 9.17) is 10.00 Å². The number of carbonyl (C=O) groups excluding carboxylic acids is 2. The van der Waals surface area contributed by atoms with Crippen LogP contribution in [0.5, 0.6) is 0 Å². The highest BCUT2D eigenvalue weighted by Gasteiger charge is 2.17. The third-order valence-corrected chi connectivity index (χ3v) is 4.65. The second-order valence-corrected chi connectivity index (χ2v) is 6.81. The second kappa shape index (κ2) is 9.52. The molecule has 1 amide bonds. The van der Waals surface area contributed by atoms with Crippen LogP contribution in [-0.4, -0.2) is 28.3 Å². The van der Waals surface area contributed by atoms with E-state index in [-0.39, 0.29) is 13.0 Å². The van der Waals surface area contributed by atoms with Gasteiger partial charge in [-0.05, 0) is 43.7 Å². The molecule has 0 radical (unpaired) electrons. The summed E-state index contributed by atoms with van der Waals surface area (Å²) in [5, 5.41) is 15.9. The number of amides is 1. The van der Waals surface area contributed by atoms with Gasteiger partial charge in [-0.1, -0.05) is 30.3 Å². The molecular formula is C23H22N4O3. The molecule has 0 aliphatic rings. The van der Waals surface area contributed by atoms with Gasteiger partial charge in [0, 0.05) is 16.9 Å². The molecule has 152 valence electrons. The van der Waals surface area contributed by atoms with E-state index < -0.39 is 11.9 Å². The molecule has 2 aromatic carbocycles. The van der Waals surface area contributed by atoms with E-state index >= 15 is 0 Å². The van der Waals surface area contributed by atoms with Gasteiger partial charge in [0.25, 0.3) is 5.91 Å². The zero-order valence-corrected chi connectivity index (χ0v) is 16.9. The Morgan fingerprint density at radius 2 is 1.80 bits per heavy atom. The van der Waals surface area contributed by atoms with Crippen molar-refractivity contribution < 1.29 is 14.3 Å². The van der Waals surface area contributed by atoms with Gasteiger partial charge in [-0.25, -0.2) is 4.68 Å². The molecule has 7 nitrogen and oxygen atoms in total. The Kier molecular flexibility index (Phi) is 6.60. The average Bonchev–Trinajstić information content (AvgIpc) is 3.03. The van der Waals surface area contributed by atoms with Crippen molar-refractivity contribution in [3.05, 3.63) is 77.1 Å². The third-order valence-electron chi connectivity index (χ3n) is 4.65. The molecule has 0 saturated heterocycles. The number of aromatic nitrogens is 2. The highest BCUT2D eigenvalue weighted by Crippen LogP contribution is 2.18. The quantitative estimate of drug-likeness (QED) is 0.612. The number of benzene rings is 2. The normalized spacial score (nSPS) is 10.3. The Labute approximate surface area is 174 Å². The molecule has 1 heterocycles. The molecule has 1 aromatic heterocycles. The van der Waals surface area contributed by atoms with Crippen LogP contribution in [0.3, 0.4) is 0 Å². The van der Waals surface area contributed by atoms with Crippen molar-refractivity contribution in [2.24, 2.45) is 0 Å². The van der Waals surface area contributed by atoms with Gasteiger partial charge in [0.05, 0.1) is 30.3 Å². The number of esters is 1. The number of carbonyl (C=O) groups is 2. The summed E-state index contributed by atoms with van der Waals surface area (Å²) in [6.45, 7) is 3.37. The number of anilines is 1. The van der Waals surface area contributed by atoms with Gasteiger partial charge in [0.2, 0.25) is 0 Å². The van der Waals surface area contributed by atoms with Gasteiger partial charge < -0.3 is 10.1 Å². The molecule has 30 heavy (non-hydrogen) atoms. The van der Waals surface area contributed by atoms with E-state index in [0.717, 1.165) is 28.2 Å². The highest BCUT2D eigenvalue weighted by atomic mass is 16.5. The molecule has 0 unspecified atom stereocenters. The molecule has 0 fully saturated rings. The topological polar surface area (TPSA) is 97.0 Å². The fourth-order valence-electron chi connectivity index (χ4n) is 3.09. The number of para-hydroxylation sites is 1. The third kappa shape index (κ3) is 5.11. The predicted molar refractivity (Wildman–Crippen MR) is 112 cm³/mol. The van der Waals surface area contributed by atoms with Gasteiger partial charge in [0.1, 0.15) is 0 Å². The zero-order valence-electron chi connectivity index (χ0n) is 16.9. The molecular weight excluding hydrogens is 380 g/mol. The largest absolute Gasteiger partial charge is 0.455 e. The van der Waals surface area contributed by atoms with E-state index in [1.54, 1.807) is 28.9 Å². The summed E-state index contributed by atoms with van der Waals surface area (Å²) in [7, 11) is 0. The summed E-state index contributed by atoms with van der Waals surface area (Å²) in [5.74, 6) is -0.918. The van der Waals surface area contributed by atoms with Gasteiger partial charge in [0.15, 0.2) is 6.61 Å². The van der Waals surface area contributed by atoms with Crippen molar-refractivity contribution in [1.29, 1.82) is 5.26 Å². The summed E-state index contributed by atoms with van der Waals surface area (Å²) in [4.78, 5) is 24.3. The maximum atomic E-state index is 12.3. The van der Waals surface area contributed by atoms with Crippen molar-refractivity contribution in [3.63, 3.8) is 0 Å². The molecule has 0 aliphatic heterocycles. The number of ether oxygens (including phenoxy) is 1. The number of nitrogens with zero attached hydrogens (tertiary/aromatic N) is 3. The van der Waals surface area contributed by atoms with Crippen molar-refractivity contribution in [2.45, 2.75) is 26.7 Å². The lowest BCUT2D eigenvalue weighted by atomic mass is 10.1. The van der Waals surface area contributed by atoms with Crippen molar-refractivity contribution in [2.75, 3.05) is 11.9 Å². The lowest BCUT2D eigenvalue weighted by Gasteiger charge is -2.08. The van der Waals surface area contributed by atoms with Crippen molar-refractivity contribution in [3.8, 4) is 11.8 Å². The number of nitrogens with one attached hydrogen (secondary N) is 1. The summed E-state index contributed by atoms with van der Waals surface area (Å²) < 4.78 is 6.93. The molecule has 7 heteroatoms. The Morgan fingerprint density at radius 1 is 1.10 bits per heavy atom. The van der Waals surface area contributed by atoms with Crippen LogP contribution in [0.2, 0.25) is 0 Å². The average molecular weight is 402 g/mol. The molecule has 3 aromatic rings. The first kappa shape index (κ1) is 20.8. The Balaban J connectivity index is 1.55. The zero-order chi connectivity index (χ0) is 21.5. The first-order valence-electron chi connectivity index (χ1n) is 9.50. The van der Waals surface area contributed by atoms with Crippen LogP contribution in [-0.2, 0) is 27.2 Å². The van der Waals surface area contributed by atoms with Crippen LogP contribution in [0.15, 0.2) is 54.6 Å². The van der Waals surface area contributed by atoms with Crippen LogP contribution >= 0.6 is 0 Å². The minimum absolute atomic E-state index is 0.0423. The molecule has 1 N–H and O–H groups in total. The lowest BCUT2D eigenvalue weighted by molar-refractivity contribution is -0.146. The van der Waals surface area contributed by atoms with E-state index in [0.29, 0.717) is 12.1 Å². The molecule has 0 spiro atoms. The van der Waals surface area contributed by atoms with E-state index in [1.807, 2.05) is 44.2 Å². The summed E-state index contributed by atoms with van der Waals surface area (Å²) >= 11 is 0. The standard InChI is InChI=1S/C23H22N4O3/c1-16-21(17(2)27(26-16)20-6-4-3-5-7-20)14-23(29)30-15-22(28)25-19-10-8-18(9-11-19)12-13-24/h3-11H,12,14-15H2,1-2H3,(H,25,28). The Bertz CT molecular complexity index is 1080. The smallest absolute Gasteiger partial charge is 0.310 e. The fourth-order valence-corrected chi connectivity index (χ4v) is 3.09. The minimum atomic E-state index is -0.492. The van der Waals surface area contributed by atoms with E-state index in [1.165, 1.54) is 0 Å². The SMILES string of the molecule is Cc1nn(-c2ccccc2)c(C)c1CC(=O)OCC(=O)Nc1ccc(CC#N)cc1. The van der Waals surface area contributed by atoms with Gasteiger partial charge >= 0.3 is 5.97 Å². The van der Waals surface area contributed by atoms with Crippen LogP contribution in [0.4, 0.5) is 5.69 Å². The van der Waals surface area contributed by atoms with Gasteiger partial charge in [-0.3, -0.25) is 9.59 Å². The van der Waals surface area contributed by atoms with Crippen molar-refractivity contribution in [1.82, 2.24) is 9.78 Å². The number of nitriles is 1. The van der Waals surface area contributed by atoms with Crippen molar-refractivity contribution >= 4 is 17.6 Å². The van der Waals surface area contributed by atoms with Gasteiger partial charge in [-0.15, -0.1) is 0 Å². The monoisotopic (exact) mass is 402 g/mol. The predicted octanol–water partition coefficient (Wildman–Crippen LogP) is 3.28. The second-order valence-electron chi connectivity index (χ2n) is 6.81. The molecule has 3 rings (SSSR count). The van der Waals surface area contributed by atoms with Crippen LogP contribution < -0.4 is 5.32 Å². The van der Waals surface area contributed by atoms with E-state index in [2.05, 4.69) is 16.5 Å². The first-order valence-corrected chi connectivity index (χ1v) is 9.50. The van der Waals surface area contributed by atoms with Crippen LogP contribution in [0.25, 0.3) is 5.69 Å². The molecule has 0 saturated carbocycles. The maximum absolute atomic E-state index is 12.3. The number of hydrogen-bond acceptors (Lipinski definition) is 5. The summed E-state index contributed by atoms with van der Waals surface area (Å²) in [5.41, 5.74) is 4.75. The summed E-state index contributed by atoms with van der Waals surface area (Å²) in [6.07, 6.45) is 0.353. The summed E-state index contributed by atoms with van der Waals surface area (Å²) in [6, 6.07) is 18.7. The lowest BCUT2D eigenvalue weighted by Crippen LogP contribution is -2.21. The van der Waals surface area contributed by atoms with E-state index in [9.17, 15) is 9.59 Å². The first-order chi connectivity index (χ1) is 14.5. The molecule has 0 atom stereocenters. The van der Waals surface area contributed by atoms with Gasteiger partial charge in [-0.2, -0.15) is 10.4 Å².